The number of piperidine rings is 1. The van der Waals surface area contributed by atoms with Crippen LogP contribution in [0.5, 0.6) is 5.75 Å². The smallest absolute Gasteiger partial charge is 0.422 e. The Morgan fingerprint density at radius 2 is 1.75 bits per heavy atom. The topological polar surface area (TPSA) is 53.6 Å². The van der Waals surface area contributed by atoms with E-state index in [0.717, 1.165) is 30.5 Å². The van der Waals surface area contributed by atoms with Crippen LogP contribution in [-0.2, 0) is 16.8 Å². The Labute approximate surface area is 234 Å². The Hall–Kier alpha value is -2.58. The van der Waals surface area contributed by atoms with Gasteiger partial charge < -0.3 is 20.3 Å². The van der Waals surface area contributed by atoms with Crippen LogP contribution in [0.3, 0.4) is 0 Å². The average molecular weight is 556 g/mol. The summed E-state index contributed by atoms with van der Waals surface area (Å²) in [5.74, 6) is 1.15. The Balaban J connectivity index is 1.29. The number of amides is 1. The highest BCUT2D eigenvalue weighted by Gasteiger charge is 2.53. The molecule has 0 unspecified atom stereocenters. The minimum absolute atomic E-state index is 0.198. The van der Waals surface area contributed by atoms with Crippen molar-refractivity contribution in [3.63, 3.8) is 0 Å². The van der Waals surface area contributed by atoms with Gasteiger partial charge in [0.2, 0.25) is 5.91 Å². The van der Waals surface area contributed by atoms with Crippen LogP contribution in [0.15, 0.2) is 48.5 Å². The molecule has 4 aliphatic rings. The van der Waals surface area contributed by atoms with Crippen molar-refractivity contribution in [3.05, 3.63) is 65.2 Å². The third kappa shape index (κ3) is 5.37. The summed E-state index contributed by atoms with van der Waals surface area (Å²) in [7, 11) is 0. The molecule has 2 aromatic carbocycles. The van der Waals surface area contributed by atoms with Crippen LogP contribution in [0.4, 0.5) is 13.2 Å². The van der Waals surface area contributed by atoms with E-state index >= 15 is 0 Å². The van der Waals surface area contributed by atoms with E-state index in [1.807, 2.05) is 6.07 Å². The first kappa shape index (κ1) is 27.6. The van der Waals surface area contributed by atoms with E-state index in [-0.39, 0.29) is 23.6 Å². The fraction of sp³-hybridized carbons (Fsp3) is 0.594. The molecular weight excluding hydrogens is 515 g/mol. The molecule has 5 nitrogen and oxygen atoms in total. The van der Waals surface area contributed by atoms with Crippen molar-refractivity contribution >= 4 is 5.91 Å². The summed E-state index contributed by atoms with van der Waals surface area (Å²) in [6.45, 7) is 1.65. The molecule has 40 heavy (non-hydrogen) atoms. The number of halogens is 3. The number of likely N-dealkylation sites (tertiary alicyclic amines) is 1. The molecule has 3 aliphatic heterocycles. The zero-order valence-corrected chi connectivity index (χ0v) is 23.0. The van der Waals surface area contributed by atoms with Gasteiger partial charge >= 0.3 is 6.18 Å². The van der Waals surface area contributed by atoms with E-state index in [1.165, 1.54) is 37.7 Å². The number of benzene rings is 2. The lowest BCUT2D eigenvalue weighted by molar-refractivity contribution is -0.153. The second-order valence-electron chi connectivity index (χ2n) is 12.3. The highest BCUT2D eigenvalue weighted by atomic mass is 19.4. The van der Waals surface area contributed by atoms with Crippen LogP contribution in [0.1, 0.15) is 67.6 Å². The first-order valence-corrected chi connectivity index (χ1v) is 14.9. The van der Waals surface area contributed by atoms with E-state index in [2.05, 4.69) is 45.9 Å². The van der Waals surface area contributed by atoms with Gasteiger partial charge in [0.25, 0.3) is 0 Å². The van der Waals surface area contributed by atoms with Crippen LogP contribution < -0.4 is 15.4 Å². The second kappa shape index (κ2) is 11.4. The Morgan fingerprint density at radius 1 is 0.975 bits per heavy atom. The van der Waals surface area contributed by atoms with E-state index < -0.39 is 18.2 Å². The van der Waals surface area contributed by atoms with Gasteiger partial charge in [-0.3, -0.25) is 4.79 Å². The third-order valence-corrected chi connectivity index (χ3v) is 9.95. The number of carbonyl (C=O) groups excluding carboxylic acids is 1. The summed E-state index contributed by atoms with van der Waals surface area (Å²) < 4.78 is 44.2. The van der Waals surface area contributed by atoms with Crippen molar-refractivity contribution in [1.82, 2.24) is 15.5 Å². The quantitative estimate of drug-likeness (QED) is 0.509. The molecule has 0 bridgehead atoms. The highest BCUT2D eigenvalue weighted by molar-refractivity contribution is 5.82. The summed E-state index contributed by atoms with van der Waals surface area (Å²) >= 11 is 0. The molecule has 2 N–H and O–H groups in total. The van der Waals surface area contributed by atoms with Gasteiger partial charge in [0.15, 0.2) is 6.61 Å². The summed E-state index contributed by atoms with van der Waals surface area (Å²) in [6, 6.07) is 16.3. The highest BCUT2D eigenvalue weighted by Crippen LogP contribution is 2.45. The van der Waals surface area contributed by atoms with Crippen LogP contribution >= 0.6 is 0 Å². The van der Waals surface area contributed by atoms with Crippen LogP contribution in [0.2, 0.25) is 0 Å². The molecule has 0 radical (unpaired) electrons. The maximum Gasteiger partial charge on any atom is 0.422 e. The first-order valence-electron chi connectivity index (χ1n) is 14.9. The molecule has 6 rings (SSSR count). The van der Waals surface area contributed by atoms with E-state index in [0.29, 0.717) is 38.0 Å². The number of fused-ring (bicyclic) bond motifs is 2. The standard InChI is InChI=1S/C32H40F3N3O2/c33-32(34,35)21-40-29-13-7-12-26-25(29)17-36-19-31(26)20-37-18-27(31)30(39)38-15-14-24(22-8-3-1-4-9-22)16-28(38)23-10-5-2-6-11-23/h1,3-4,7-9,12-13,23-24,27-28,36-37H,2,5-6,10-11,14-21H2/t24-,27+,28+,31+/m1/s1. The molecule has 216 valence electrons. The van der Waals surface area contributed by atoms with E-state index in [1.54, 1.807) is 12.1 Å². The summed E-state index contributed by atoms with van der Waals surface area (Å²) in [5, 5.41) is 6.92. The van der Waals surface area contributed by atoms with E-state index in [4.69, 9.17) is 4.74 Å². The van der Waals surface area contributed by atoms with Crippen molar-refractivity contribution in [2.75, 3.05) is 32.8 Å². The molecule has 2 saturated heterocycles. The predicted octanol–water partition coefficient (Wildman–Crippen LogP) is 5.54. The van der Waals surface area contributed by atoms with Crippen molar-refractivity contribution in [2.45, 2.75) is 75.0 Å². The van der Waals surface area contributed by atoms with Gasteiger partial charge in [-0.25, -0.2) is 0 Å². The molecule has 0 aromatic heterocycles. The molecule has 1 spiro atoms. The normalized spacial score (nSPS) is 29.4. The molecule has 8 heteroatoms. The number of nitrogens with zero attached hydrogens (tertiary/aromatic N) is 1. The largest absolute Gasteiger partial charge is 0.484 e. The number of rotatable bonds is 5. The average Bonchev–Trinajstić information content (AvgIpc) is 3.40. The molecule has 1 saturated carbocycles. The SMILES string of the molecule is O=C([C@@H]1CNC[C@]12CNCc1c(OCC(F)(F)F)cccc12)N1CC[C@@H](c2ccccc2)C[C@H]1C1CCCCC1. The maximum atomic E-state index is 14.6. The van der Waals surface area contributed by atoms with Gasteiger partial charge in [-0.1, -0.05) is 61.7 Å². The third-order valence-electron chi connectivity index (χ3n) is 9.95. The Bertz CT molecular complexity index is 1180. The molecule has 3 fully saturated rings. The molecule has 3 heterocycles. The zero-order valence-electron chi connectivity index (χ0n) is 23.0. The number of hydrogen-bond acceptors (Lipinski definition) is 4. The minimum atomic E-state index is -4.41. The number of alkyl halides is 3. The van der Waals surface area contributed by atoms with E-state index in [9.17, 15) is 18.0 Å². The van der Waals surface area contributed by atoms with Crippen molar-refractivity contribution in [1.29, 1.82) is 0 Å². The lowest BCUT2D eigenvalue weighted by Gasteiger charge is -2.48. The lowest BCUT2D eigenvalue weighted by Crippen LogP contribution is -2.57. The monoisotopic (exact) mass is 555 g/mol. The van der Waals surface area contributed by atoms with Gasteiger partial charge in [-0.2, -0.15) is 13.2 Å². The van der Waals surface area contributed by atoms with Crippen LogP contribution in [0, 0.1) is 11.8 Å². The molecular formula is C32H40F3N3O2. The molecule has 1 amide bonds. The maximum absolute atomic E-state index is 14.6. The number of carbonyl (C=O) groups is 1. The lowest BCUT2D eigenvalue weighted by atomic mass is 9.67. The Kier molecular flexibility index (Phi) is 7.83. The molecule has 2 aromatic rings. The van der Waals surface area contributed by atoms with Crippen LogP contribution in [0.25, 0.3) is 0 Å². The summed E-state index contributed by atoms with van der Waals surface area (Å²) in [5.41, 5.74) is 2.54. The first-order chi connectivity index (χ1) is 19.4. The molecule has 4 atom stereocenters. The van der Waals surface area contributed by atoms with Crippen LogP contribution in [-0.4, -0.2) is 55.8 Å². The molecule has 1 aliphatic carbocycles. The summed E-state index contributed by atoms with van der Waals surface area (Å²) in [6.07, 6.45) is 3.63. The fourth-order valence-corrected chi connectivity index (χ4v) is 8.03. The number of hydrogen-bond donors (Lipinski definition) is 2. The van der Waals surface area contributed by atoms with Crippen molar-refractivity contribution in [2.24, 2.45) is 11.8 Å². The second-order valence-corrected chi connectivity index (χ2v) is 12.3. The predicted molar refractivity (Wildman–Crippen MR) is 148 cm³/mol. The van der Waals surface area contributed by atoms with Gasteiger partial charge in [0.05, 0.1) is 5.92 Å². The number of nitrogens with one attached hydrogen (secondary N) is 2. The van der Waals surface area contributed by atoms with Gasteiger partial charge in [0, 0.05) is 49.7 Å². The van der Waals surface area contributed by atoms with Crippen molar-refractivity contribution < 1.29 is 22.7 Å². The number of ether oxygens (including phenoxy) is 1. The van der Waals surface area contributed by atoms with Gasteiger partial charge in [-0.05, 0) is 54.7 Å². The summed E-state index contributed by atoms with van der Waals surface area (Å²) in [4.78, 5) is 16.8. The Morgan fingerprint density at radius 3 is 2.52 bits per heavy atom. The zero-order chi connectivity index (χ0) is 27.7. The minimum Gasteiger partial charge on any atom is -0.484 e. The van der Waals surface area contributed by atoms with Gasteiger partial charge in [0.1, 0.15) is 5.75 Å². The van der Waals surface area contributed by atoms with Crippen molar-refractivity contribution in [3.8, 4) is 5.75 Å². The fourth-order valence-electron chi connectivity index (χ4n) is 8.03. The van der Waals surface area contributed by atoms with Gasteiger partial charge in [-0.15, -0.1) is 0 Å².